The summed E-state index contributed by atoms with van der Waals surface area (Å²) < 4.78 is 4.96. The second kappa shape index (κ2) is 7.85. The zero-order valence-corrected chi connectivity index (χ0v) is 11.3. The van der Waals surface area contributed by atoms with Gasteiger partial charge in [-0.25, -0.2) is 9.59 Å². The standard InChI is InChI=1S/C13H16N2O6/c1-21-7-8-3-2-4-9(5-8)14-13(20)15-10(12(18)19)6-11(16)17/h2-5,10H,6-7H2,1H3,(H,16,17)(H,18,19)(H2,14,15,20)/t10-/m1/s1. The fourth-order valence-corrected chi connectivity index (χ4v) is 1.61. The molecule has 1 rings (SSSR count). The van der Waals surface area contributed by atoms with E-state index < -0.39 is 30.4 Å². The van der Waals surface area contributed by atoms with Crippen molar-refractivity contribution in [3.63, 3.8) is 0 Å². The number of carbonyl (C=O) groups is 3. The number of rotatable bonds is 7. The number of hydrogen-bond donors (Lipinski definition) is 4. The number of carboxylic acid groups (broad SMARTS) is 2. The molecule has 21 heavy (non-hydrogen) atoms. The molecule has 0 saturated carbocycles. The first-order chi connectivity index (χ1) is 9.92. The van der Waals surface area contributed by atoms with E-state index in [0.29, 0.717) is 12.3 Å². The predicted molar refractivity (Wildman–Crippen MR) is 73.0 cm³/mol. The number of anilines is 1. The van der Waals surface area contributed by atoms with Crippen LogP contribution < -0.4 is 10.6 Å². The first-order valence-electron chi connectivity index (χ1n) is 6.02. The van der Waals surface area contributed by atoms with Gasteiger partial charge in [0.2, 0.25) is 0 Å². The number of methoxy groups -OCH3 is 1. The molecule has 1 atom stereocenters. The molecular weight excluding hydrogens is 280 g/mol. The number of carbonyl (C=O) groups excluding carboxylic acids is 1. The minimum atomic E-state index is -1.50. The van der Waals surface area contributed by atoms with Crippen LogP contribution in [0.15, 0.2) is 24.3 Å². The Hall–Kier alpha value is -2.61. The minimum Gasteiger partial charge on any atom is -0.481 e. The van der Waals surface area contributed by atoms with Crippen molar-refractivity contribution in [3.05, 3.63) is 29.8 Å². The van der Waals surface area contributed by atoms with Crippen molar-refractivity contribution in [1.29, 1.82) is 0 Å². The summed E-state index contributed by atoms with van der Waals surface area (Å²) in [4.78, 5) is 33.0. The molecule has 0 unspecified atom stereocenters. The van der Waals surface area contributed by atoms with Gasteiger partial charge in [-0.3, -0.25) is 4.79 Å². The molecule has 2 amide bonds. The van der Waals surface area contributed by atoms with Gasteiger partial charge in [-0.2, -0.15) is 0 Å². The lowest BCUT2D eigenvalue weighted by atomic mass is 10.2. The summed E-state index contributed by atoms with van der Waals surface area (Å²) in [6.07, 6.45) is -0.702. The lowest BCUT2D eigenvalue weighted by molar-refractivity contribution is -0.145. The molecule has 1 aromatic carbocycles. The van der Waals surface area contributed by atoms with Gasteiger partial charge in [0.1, 0.15) is 6.04 Å². The van der Waals surface area contributed by atoms with Gasteiger partial charge in [0.25, 0.3) is 0 Å². The maximum atomic E-state index is 11.7. The first kappa shape index (κ1) is 16.4. The summed E-state index contributed by atoms with van der Waals surface area (Å²) in [7, 11) is 1.54. The van der Waals surface area contributed by atoms with Crippen molar-refractivity contribution in [1.82, 2.24) is 5.32 Å². The summed E-state index contributed by atoms with van der Waals surface area (Å²) in [5.41, 5.74) is 1.28. The quantitative estimate of drug-likeness (QED) is 0.592. The van der Waals surface area contributed by atoms with Gasteiger partial charge in [0, 0.05) is 12.8 Å². The number of benzene rings is 1. The minimum absolute atomic E-state index is 0.369. The van der Waals surface area contributed by atoms with Crippen molar-refractivity contribution in [3.8, 4) is 0 Å². The third-order valence-corrected chi connectivity index (χ3v) is 2.48. The molecule has 0 radical (unpaired) electrons. The highest BCUT2D eigenvalue weighted by atomic mass is 16.5. The van der Waals surface area contributed by atoms with Gasteiger partial charge in [-0.1, -0.05) is 12.1 Å². The second-order valence-corrected chi connectivity index (χ2v) is 4.22. The van der Waals surface area contributed by atoms with Gasteiger partial charge < -0.3 is 25.6 Å². The normalized spacial score (nSPS) is 11.5. The van der Waals surface area contributed by atoms with Gasteiger partial charge in [-0.15, -0.1) is 0 Å². The van der Waals surface area contributed by atoms with Crippen LogP contribution in [0, 0.1) is 0 Å². The molecule has 0 aromatic heterocycles. The summed E-state index contributed by atoms with van der Waals surface area (Å²) in [6.45, 7) is 0.369. The number of urea groups is 1. The van der Waals surface area contributed by atoms with Crippen LogP contribution >= 0.6 is 0 Å². The average molecular weight is 296 g/mol. The number of carboxylic acids is 2. The van der Waals surface area contributed by atoms with Crippen molar-refractivity contribution in [2.24, 2.45) is 0 Å². The molecular formula is C13H16N2O6. The van der Waals surface area contributed by atoms with E-state index in [4.69, 9.17) is 14.9 Å². The van der Waals surface area contributed by atoms with Crippen LogP contribution in [0.4, 0.5) is 10.5 Å². The van der Waals surface area contributed by atoms with Gasteiger partial charge in [-0.05, 0) is 17.7 Å². The van der Waals surface area contributed by atoms with Crippen LogP contribution in [0.25, 0.3) is 0 Å². The summed E-state index contributed by atoms with van der Waals surface area (Å²) in [6, 6.07) is 4.50. The predicted octanol–water partition coefficient (Wildman–Crippen LogP) is 0.882. The Kier molecular flexibility index (Phi) is 6.15. The van der Waals surface area contributed by atoms with Crippen LogP contribution in [0.3, 0.4) is 0 Å². The van der Waals surface area contributed by atoms with Crippen LogP contribution in [0.5, 0.6) is 0 Å². The Balaban J connectivity index is 2.65. The summed E-state index contributed by atoms with van der Waals surface area (Å²) >= 11 is 0. The molecule has 0 saturated heterocycles. The fraction of sp³-hybridized carbons (Fsp3) is 0.308. The molecule has 0 bridgehead atoms. The molecule has 8 heteroatoms. The highest BCUT2D eigenvalue weighted by molar-refractivity contribution is 5.93. The number of amides is 2. The molecule has 0 aliphatic rings. The summed E-state index contributed by atoms with van der Waals surface area (Å²) in [5, 5.41) is 21.9. The number of aliphatic carboxylic acids is 2. The van der Waals surface area contributed by atoms with E-state index in [2.05, 4.69) is 10.6 Å². The molecule has 0 aliphatic carbocycles. The van der Waals surface area contributed by atoms with Gasteiger partial charge in [0.05, 0.1) is 13.0 Å². The number of hydrogen-bond acceptors (Lipinski definition) is 4. The lowest BCUT2D eigenvalue weighted by Gasteiger charge is -2.13. The smallest absolute Gasteiger partial charge is 0.326 e. The Labute approximate surface area is 120 Å². The van der Waals surface area contributed by atoms with Crippen LogP contribution in [0.2, 0.25) is 0 Å². The second-order valence-electron chi connectivity index (χ2n) is 4.22. The fourth-order valence-electron chi connectivity index (χ4n) is 1.61. The first-order valence-corrected chi connectivity index (χ1v) is 6.02. The Morgan fingerprint density at radius 2 is 2.00 bits per heavy atom. The van der Waals surface area contributed by atoms with Crippen molar-refractivity contribution >= 4 is 23.7 Å². The molecule has 0 heterocycles. The highest BCUT2D eigenvalue weighted by Gasteiger charge is 2.22. The molecule has 4 N–H and O–H groups in total. The monoisotopic (exact) mass is 296 g/mol. The van der Waals surface area contributed by atoms with E-state index in [1.165, 1.54) is 7.11 Å². The van der Waals surface area contributed by atoms with Crippen LogP contribution in [0.1, 0.15) is 12.0 Å². The molecule has 1 aromatic rings. The molecule has 0 fully saturated rings. The topological polar surface area (TPSA) is 125 Å². The molecule has 114 valence electrons. The maximum Gasteiger partial charge on any atom is 0.326 e. The molecule has 0 spiro atoms. The van der Waals surface area contributed by atoms with E-state index >= 15 is 0 Å². The van der Waals surface area contributed by atoms with Gasteiger partial charge in [0.15, 0.2) is 0 Å². The van der Waals surface area contributed by atoms with Crippen molar-refractivity contribution < 1.29 is 29.3 Å². The van der Waals surface area contributed by atoms with E-state index in [0.717, 1.165) is 5.56 Å². The molecule has 0 aliphatic heterocycles. The maximum absolute atomic E-state index is 11.7. The van der Waals surface area contributed by atoms with Crippen LogP contribution in [-0.2, 0) is 20.9 Å². The average Bonchev–Trinajstić information content (AvgIpc) is 2.38. The van der Waals surface area contributed by atoms with Gasteiger partial charge >= 0.3 is 18.0 Å². The zero-order valence-electron chi connectivity index (χ0n) is 11.3. The number of ether oxygens (including phenoxy) is 1. The number of nitrogens with one attached hydrogen (secondary N) is 2. The van der Waals surface area contributed by atoms with E-state index in [1.807, 2.05) is 0 Å². The summed E-state index contributed by atoms with van der Waals surface area (Å²) in [5.74, 6) is -2.73. The lowest BCUT2D eigenvalue weighted by Crippen LogP contribution is -2.44. The molecule has 8 nitrogen and oxygen atoms in total. The third kappa shape index (κ3) is 5.91. The zero-order chi connectivity index (χ0) is 15.8. The SMILES string of the molecule is COCc1cccc(NC(=O)N[C@H](CC(=O)O)C(=O)O)c1. The van der Waals surface area contributed by atoms with E-state index in [1.54, 1.807) is 24.3 Å². The van der Waals surface area contributed by atoms with E-state index in [-0.39, 0.29) is 0 Å². The Morgan fingerprint density at radius 1 is 1.29 bits per heavy atom. The highest BCUT2D eigenvalue weighted by Crippen LogP contribution is 2.11. The van der Waals surface area contributed by atoms with Crippen molar-refractivity contribution in [2.45, 2.75) is 19.1 Å². The van der Waals surface area contributed by atoms with Crippen LogP contribution in [-0.4, -0.2) is 41.3 Å². The largest absolute Gasteiger partial charge is 0.481 e. The Bertz CT molecular complexity index is 531. The van der Waals surface area contributed by atoms with E-state index in [9.17, 15) is 14.4 Å². The Morgan fingerprint density at radius 3 is 2.57 bits per heavy atom. The third-order valence-electron chi connectivity index (χ3n) is 2.48. The van der Waals surface area contributed by atoms with Crippen molar-refractivity contribution in [2.75, 3.05) is 12.4 Å².